The monoisotopic (exact) mass is 280 g/mol. The average Bonchev–Trinajstić information content (AvgIpc) is 2.32. The molecule has 3 N–H and O–H groups in total. The lowest BCUT2D eigenvalue weighted by molar-refractivity contribution is 0.918. The molecule has 0 saturated carbocycles. The van der Waals surface area contributed by atoms with Crippen molar-refractivity contribution in [1.82, 2.24) is 20.2 Å². The van der Waals surface area contributed by atoms with Gasteiger partial charge in [0.2, 0.25) is 5.95 Å². The summed E-state index contributed by atoms with van der Waals surface area (Å²) in [6.45, 7) is 0.531. The Hall–Kier alpha value is -1.76. The SMILES string of the molecule is Nc1ncc(Br)c(NCc2cccnn2)n1. The predicted molar refractivity (Wildman–Crippen MR) is 63.5 cm³/mol. The highest BCUT2D eigenvalue weighted by Crippen LogP contribution is 2.19. The molecule has 0 saturated heterocycles. The molecule has 0 spiro atoms. The van der Waals surface area contributed by atoms with E-state index in [9.17, 15) is 0 Å². The summed E-state index contributed by atoms with van der Waals surface area (Å²) in [4.78, 5) is 7.89. The fourth-order valence-electron chi connectivity index (χ4n) is 1.11. The van der Waals surface area contributed by atoms with Gasteiger partial charge in [-0.1, -0.05) is 0 Å². The third-order valence-electron chi connectivity index (χ3n) is 1.83. The predicted octanol–water partition coefficient (Wildman–Crippen LogP) is 1.22. The zero-order valence-corrected chi connectivity index (χ0v) is 9.85. The normalized spacial score (nSPS) is 10.1. The summed E-state index contributed by atoms with van der Waals surface area (Å²) in [7, 11) is 0. The van der Waals surface area contributed by atoms with Crippen molar-refractivity contribution < 1.29 is 0 Å². The first-order valence-corrected chi connectivity index (χ1v) is 5.33. The first-order chi connectivity index (χ1) is 7.75. The van der Waals surface area contributed by atoms with Crippen LogP contribution in [0.1, 0.15) is 5.69 Å². The summed E-state index contributed by atoms with van der Waals surface area (Å²) >= 11 is 3.32. The van der Waals surface area contributed by atoms with Gasteiger partial charge in [0.25, 0.3) is 0 Å². The Morgan fingerprint density at radius 3 is 3.06 bits per heavy atom. The van der Waals surface area contributed by atoms with Crippen LogP contribution < -0.4 is 11.1 Å². The van der Waals surface area contributed by atoms with Gasteiger partial charge in [-0.3, -0.25) is 0 Å². The number of nitrogens with zero attached hydrogens (tertiary/aromatic N) is 4. The summed E-state index contributed by atoms with van der Waals surface area (Å²) in [5.74, 6) is 0.864. The van der Waals surface area contributed by atoms with Crippen LogP contribution in [0.25, 0.3) is 0 Å². The van der Waals surface area contributed by atoms with Gasteiger partial charge in [0.15, 0.2) is 0 Å². The van der Waals surface area contributed by atoms with Crippen molar-refractivity contribution in [2.75, 3.05) is 11.1 Å². The second-order valence-corrected chi connectivity index (χ2v) is 3.85. The van der Waals surface area contributed by atoms with Gasteiger partial charge in [0.1, 0.15) is 5.82 Å². The van der Waals surface area contributed by atoms with E-state index in [-0.39, 0.29) is 5.95 Å². The molecule has 0 radical (unpaired) electrons. The minimum absolute atomic E-state index is 0.227. The largest absolute Gasteiger partial charge is 0.368 e. The summed E-state index contributed by atoms with van der Waals surface area (Å²) < 4.78 is 0.755. The molecule has 0 amide bonds. The van der Waals surface area contributed by atoms with E-state index >= 15 is 0 Å². The number of nitrogen functional groups attached to an aromatic ring is 1. The Labute approximate surface area is 100 Å². The van der Waals surface area contributed by atoms with Crippen molar-refractivity contribution in [1.29, 1.82) is 0 Å². The van der Waals surface area contributed by atoms with Gasteiger partial charge < -0.3 is 11.1 Å². The highest BCUT2D eigenvalue weighted by Gasteiger charge is 2.03. The number of anilines is 2. The molecule has 0 aliphatic heterocycles. The van der Waals surface area contributed by atoms with Crippen LogP contribution in [0, 0.1) is 0 Å². The van der Waals surface area contributed by atoms with Crippen LogP contribution in [0.15, 0.2) is 29.0 Å². The highest BCUT2D eigenvalue weighted by atomic mass is 79.9. The molecule has 0 bridgehead atoms. The van der Waals surface area contributed by atoms with Crippen LogP contribution in [0.5, 0.6) is 0 Å². The summed E-state index contributed by atoms with van der Waals surface area (Å²) in [6, 6.07) is 3.70. The molecule has 16 heavy (non-hydrogen) atoms. The van der Waals surface area contributed by atoms with Crippen molar-refractivity contribution in [2.24, 2.45) is 0 Å². The number of halogens is 1. The lowest BCUT2D eigenvalue weighted by Crippen LogP contribution is -2.06. The molecule has 0 aliphatic rings. The third-order valence-corrected chi connectivity index (χ3v) is 2.41. The first kappa shape index (κ1) is 10.7. The number of nitrogens with two attached hydrogens (primary N) is 1. The Bertz CT molecular complexity index is 475. The lowest BCUT2D eigenvalue weighted by Gasteiger charge is -2.06. The van der Waals surface area contributed by atoms with Gasteiger partial charge in [0.05, 0.1) is 16.7 Å². The van der Waals surface area contributed by atoms with Crippen LogP contribution in [0.2, 0.25) is 0 Å². The smallest absolute Gasteiger partial charge is 0.221 e. The third kappa shape index (κ3) is 2.63. The maximum absolute atomic E-state index is 5.49. The number of aromatic nitrogens is 4. The Balaban J connectivity index is 2.08. The van der Waals surface area contributed by atoms with Crippen molar-refractivity contribution in [3.8, 4) is 0 Å². The Morgan fingerprint density at radius 2 is 2.31 bits per heavy atom. The number of hydrogen-bond donors (Lipinski definition) is 2. The van der Waals surface area contributed by atoms with E-state index < -0.39 is 0 Å². The minimum atomic E-state index is 0.227. The van der Waals surface area contributed by atoms with Crippen molar-refractivity contribution in [3.63, 3.8) is 0 Å². The van der Waals surface area contributed by atoms with E-state index in [0.29, 0.717) is 12.4 Å². The summed E-state index contributed by atoms with van der Waals surface area (Å²) in [5.41, 5.74) is 6.31. The van der Waals surface area contributed by atoms with Crippen LogP contribution in [0.3, 0.4) is 0 Å². The van der Waals surface area contributed by atoms with Gasteiger partial charge in [-0.15, -0.1) is 0 Å². The molecule has 2 rings (SSSR count). The zero-order chi connectivity index (χ0) is 11.4. The maximum Gasteiger partial charge on any atom is 0.221 e. The van der Waals surface area contributed by atoms with E-state index in [1.165, 1.54) is 0 Å². The van der Waals surface area contributed by atoms with Gasteiger partial charge in [-0.25, -0.2) is 4.98 Å². The van der Waals surface area contributed by atoms with E-state index in [2.05, 4.69) is 41.4 Å². The fraction of sp³-hybridized carbons (Fsp3) is 0.111. The molecular weight excluding hydrogens is 272 g/mol. The molecule has 0 atom stereocenters. The average molecular weight is 281 g/mol. The summed E-state index contributed by atoms with van der Waals surface area (Å²) in [6.07, 6.45) is 3.23. The van der Waals surface area contributed by atoms with Gasteiger partial charge in [-0.05, 0) is 28.1 Å². The molecule has 0 aliphatic carbocycles. The van der Waals surface area contributed by atoms with Crippen LogP contribution in [-0.2, 0) is 6.54 Å². The van der Waals surface area contributed by atoms with Gasteiger partial charge >= 0.3 is 0 Å². The topological polar surface area (TPSA) is 89.6 Å². The molecule has 0 fully saturated rings. The second-order valence-electron chi connectivity index (χ2n) is 2.99. The number of rotatable bonds is 3. The molecule has 7 heteroatoms. The van der Waals surface area contributed by atoms with Gasteiger partial charge in [-0.2, -0.15) is 15.2 Å². The second kappa shape index (κ2) is 4.84. The Kier molecular flexibility index (Phi) is 3.25. The molecule has 6 nitrogen and oxygen atoms in total. The quantitative estimate of drug-likeness (QED) is 0.879. The van der Waals surface area contributed by atoms with Gasteiger partial charge in [0, 0.05) is 12.4 Å². The van der Waals surface area contributed by atoms with E-state index in [1.54, 1.807) is 12.4 Å². The standard InChI is InChI=1S/C9H9BrN6/c10-7-5-13-9(11)15-8(7)12-4-6-2-1-3-14-16-6/h1-3,5H,4H2,(H3,11,12,13,15). The maximum atomic E-state index is 5.49. The molecule has 0 unspecified atom stereocenters. The highest BCUT2D eigenvalue weighted by molar-refractivity contribution is 9.10. The van der Waals surface area contributed by atoms with Crippen LogP contribution in [0.4, 0.5) is 11.8 Å². The summed E-state index contributed by atoms with van der Waals surface area (Å²) in [5, 5.41) is 10.8. The number of nitrogens with one attached hydrogen (secondary N) is 1. The zero-order valence-electron chi connectivity index (χ0n) is 8.26. The van der Waals surface area contributed by atoms with E-state index in [4.69, 9.17) is 5.73 Å². The first-order valence-electron chi connectivity index (χ1n) is 4.54. The van der Waals surface area contributed by atoms with E-state index in [0.717, 1.165) is 10.2 Å². The molecule has 2 aromatic heterocycles. The van der Waals surface area contributed by atoms with Crippen LogP contribution >= 0.6 is 15.9 Å². The van der Waals surface area contributed by atoms with E-state index in [1.807, 2.05) is 12.1 Å². The fourth-order valence-corrected chi connectivity index (χ4v) is 1.44. The molecule has 82 valence electrons. The molecule has 2 aromatic rings. The lowest BCUT2D eigenvalue weighted by atomic mass is 10.4. The van der Waals surface area contributed by atoms with Crippen LogP contribution in [-0.4, -0.2) is 20.2 Å². The van der Waals surface area contributed by atoms with Crippen molar-refractivity contribution in [2.45, 2.75) is 6.54 Å². The molecular formula is C9H9BrN6. The number of hydrogen-bond acceptors (Lipinski definition) is 6. The van der Waals surface area contributed by atoms with Crippen molar-refractivity contribution in [3.05, 3.63) is 34.7 Å². The minimum Gasteiger partial charge on any atom is -0.368 e. The van der Waals surface area contributed by atoms with Crippen molar-refractivity contribution >= 4 is 27.7 Å². The molecule has 2 heterocycles. The Morgan fingerprint density at radius 1 is 1.44 bits per heavy atom. The molecule has 0 aromatic carbocycles.